The fourth-order valence-corrected chi connectivity index (χ4v) is 2.78. The van der Waals surface area contributed by atoms with Crippen molar-refractivity contribution in [3.8, 4) is 0 Å². The van der Waals surface area contributed by atoms with E-state index in [0.29, 0.717) is 31.9 Å². The minimum atomic E-state index is -0.123. The summed E-state index contributed by atoms with van der Waals surface area (Å²) in [6.07, 6.45) is -0.0863. The van der Waals surface area contributed by atoms with Crippen LogP contribution in [-0.4, -0.2) is 38.4 Å². The number of benzene rings is 2. The summed E-state index contributed by atoms with van der Waals surface area (Å²) in [7, 11) is 0. The monoisotopic (exact) mass is 340 g/mol. The highest BCUT2D eigenvalue weighted by Crippen LogP contribution is 2.25. The van der Waals surface area contributed by atoms with Gasteiger partial charge in [-0.15, -0.1) is 0 Å². The maximum absolute atomic E-state index is 12.6. The van der Waals surface area contributed by atoms with Crippen LogP contribution < -0.4 is 10.6 Å². The molecule has 0 saturated carbocycles. The number of amides is 1. The van der Waals surface area contributed by atoms with E-state index in [1.54, 1.807) is 0 Å². The zero-order valence-electron chi connectivity index (χ0n) is 14.7. The van der Waals surface area contributed by atoms with E-state index in [0.717, 1.165) is 11.4 Å². The number of anilines is 2. The van der Waals surface area contributed by atoms with E-state index in [2.05, 4.69) is 30.5 Å². The highest BCUT2D eigenvalue weighted by Gasteiger charge is 2.17. The van der Waals surface area contributed by atoms with E-state index >= 15 is 0 Å². The van der Waals surface area contributed by atoms with Crippen LogP contribution >= 0.6 is 0 Å². The molecule has 1 saturated heterocycles. The first-order valence-electron chi connectivity index (χ1n) is 8.55. The number of nitrogens with one attached hydrogen (secondary N) is 2. The number of hydrogen-bond donors (Lipinski definition) is 2. The summed E-state index contributed by atoms with van der Waals surface area (Å²) >= 11 is 0. The SMILES string of the molecule is Cc1cccc(Nc2ccccc2C(=O)NC[C@H]2COCCO2)c1C. The number of carbonyl (C=O) groups is 1. The quantitative estimate of drug-likeness (QED) is 0.878. The van der Waals surface area contributed by atoms with Gasteiger partial charge in [-0.1, -0.05) is 24.3 Å². The lowest BCUT2D eigenvalue weighted by molar-refractivity contribution is -0.0855. The van der Waals surface area contributed by atoms with Crippen molar-refractivity contribution in [3.63, 3.8) is 0 Å². The Labute approximate surface area is 148 Å². The first kappa shape index (κ1) is 17.5. The summed E-state index contributed by atoms with van der Waals surface area (Å²) in [6, 6.07) is 13.6. The summed E-state index contributed by atoms with van der Waals surface area (Å²) in [4.78, 5) is 12.6. The molecule has 1 aliphatic rings. The van der Waals surface area contributed by atoms with Gasteiger partial charge in [0.15, 0.2) is 0 Å². The van der Waals surface area contributed by atoms with Gasteiger partial charge in [0.1, 0.15) is 0 Å². The van der Waals surface area contributed by atoms with E-state index in [1.807, 2.05) is 36.4 Å². The Balaban J connectivity index is 1.71. The molecule has 1 fully saturated rings. The van der Waals surface area contributed by atoms with E-state index in [4.69, 9.17) is 9.47 Å². The summed E-state index contributed by atoms with van der Waals surface area (Å²) < 4.78 is 10.9. The molecule has 1 atom stereocenters. The molecular weight excluding hydrogens is 316 g/mol. The zero-order chi connectivity index (χ0) is 17.6. The number of carbonyl (C=O) groups excluding carboxylic acids is 1. The Morgan fingerprint density at radius 1 is 1.08 bits per heavy atom. The third-order valence-electron chi connectivity index (χ3n) is 4.42. The molecule has 2 aromatic carbocycles. The third-order valence-corrected chi connectivity index (χ3v) is 4.42. The summed E-state index contributed by atoms with van der Waals surface area (Å²) in [5.74, 6) is -0.123. The average Bonchev–Trinajstić information content (AvgIpc) is 2.65. The van der Waals surface area contributed by atoms with Gasteiger partial charge in [0.2, 0.25) is 0 Å². The first-order valence-corrected chi connectivity index (χ1v) is 8.55. The van der Waals surface area contributed by atoms with E-state index in [1.165, 1.54) is 11.1 Å². The van der Waals surface area contributed by atoms with Crippen LogP contribution in [0, 0.1) is 13.8 Å². The standard InChI is InChI=1S/C20H24N2O3/c1-14-6-5-9-18(15(14)2)22-19-8-4-3-7-17(19)20(23)21-12-16-13-24-10-11-25-16/h3-9,16,22H,10-13H2,1-2H3,(H,21,23)/t16-/m0/s1. The highest BCUT2D eigenvalue weighted by atomic mass is 16.6. The fraction of sp³-hybridized carbons (Fsp3) is 0.350. The number of aryl methyl sites for hydroxylation is 1. The van der Waals surface area contributed by atoms with Crippen LogP contribution in [0.2, 0.25) is 0 Å². The van der Waals surface area contributed by atoms with Gasteiger partial charge in [-0.3, -0.25) is 4.79 Å². The van der Waals surface area contributed by atoms with E-state index in [-0.39, 0.29) is 12.0 Å². The largest absolute Gasteiger partial charge is 0.376 e. The molecule has 5 heteroatoms. The summed E-state index contributed by atoms with van der Waals surface area (Å²) in [6.45, 7) is 6.30. The van der Waals surface area contributed by atoms with Crippen molar-refractivity contribution in [2.75, 3.05) is 31.7 Å². The Bertz CT molecular complexity index is 739. The minimum Gasteiger partial charge on any atom is -0.376 e. The average molecular weight is 340 g/mol. The Morgan fingerprint density at radius 3 is 2.68 bits per heavy atom. The summed E-state index contributed by atoms with van der Waals surface area (Å²) in [5.41, 5.74) is 4.78. The molecule has 0 spiro atoms. The molecule has 0 unspecified atom stereocenters. The molecule has 1 amide bonds. The lowest BCUT2D eigenvalue weighted by Gasteiger charge is -2.23. The topological polar surface area (TPSA) is 59.6 Å². The van der Waals surface area contributed by atoms with Crippen molar-refractivity contribution in [3.05, 3.63) is 59.2 Å². The Kier molecular flexibility index (Phi) is 5.68. The van der Waals surface area contributed by atoms with E-state index in [9.17, 15) is 4.79 Å². The highest BCUT2D eigenvalue weighted by molar-refractivity contribution is 6.00. The third kappa shape index (κ3) is 4.38. The lowest BCUT2D eigenvalue weighted by Crippen LogP contribution is -2.39. The second-order valence-corrected chi connectivity index (χ2v) is 6.20. The molecule has 1 aliphatic heterocycles. The van der Waals surface area contributed by atoms with Crippen molar-refractivity contribution in [1.82, 2.24) is 5.32 Å². The summed E-state index contributed by atoms with van der Waals surface area (Å²) in [5, 5.41) is 6.32. The van der Waals surface area contributed by atoms with Crippen LogP contribution in [0.15, 0.2) is 42.5 Å². The smallest absolute Gasteiger partial charge is 0.253 e. The van der Waals surface area contributed by atoms with Gasteiger partial charge in [-0.25, -0.2) is 0 Å². The van der Waals surface area contributed by atoms with Gasteiger partial charge < -0.3 is 20.1 Å². The van der Waals surface area contributed by atoms with Crippen LogP contribution in [0.5, 0.6) is 0 Å². The normalized spacial score (nSPS) is 17.1. The lowest BCUT2D eigenvalue weighted by atomic mass is 10.1. The molecule has 2 N–H and O–H groups in total. The molecule has 0 bridgehead atoms. The maximum Gasteiger partial charge on any atom is 0.253 e. The van der Waals surface area contributed by atoms with Crippen LogP contribution in [0.4, 0.5) is 11.4 Å². The van der Waals surface area contributed by atoms with Crippen LogP contribution in [0.1, 0.15) is 21.5 Å². The number of rotatable bonds is 5. The van der Waals surface area contributed by atoms with Crippen molar-refractivity contribution < 1.29 is 14.3 Å². The number of para-hydroxylation sites is 1. The molecule has 25 heavy (non-hydrogen) atoms. The molecule has 0 aromatic heterocycles. The molecule has 2 aromatic rings. The molecule has 0 aliphatic carbocycles. The predicted octanol–water partition coefficient (Wildman–Crippen LogP) is 3.19. The molecule has 0 radical (unpaired) electrons. The Hall–Kier alpha value is -2.37. The van der Waals surface area contributed by atoms with Crippen molar-refractivity contribution in [1.29, 1.82) is 0 Å². The van der Waals surface area contributed by atoms with Gasteiger partial charge in [0.05, 0.1) is 37.2 Å². The van der Waals surface area contributed by atoms with Crippen LogP contribution in [0.3, 0.4) is 0 Å². The van der Waals surface area contributed by atoms with Crippen molar-refractivity contribution in [2.45, 2.75) is 20.0 Å². The molecule has 132 valence electrons. The van der Waals surface area contributed by atoms with Gasteiger partial charge in [0.25, 0.3) is 5.91 Å². The molecule has 5 nitrogen and oxygen atoms in total. The molecule has 1 heterocycles. The molecule has 3 rings (SSSR count). The fourth-order valence-electron chi connectivity index (χ4n) is 2.78. The van der Waals surface area contributed by atoms with Gasteiger partial charge >= 0.3 is 0 Å². The zero-order valence-corrected chi connectivity index (χ0v) is 14.7. The van der Waals surface area contributed by atoms with Crippen molar-refractivity contribution >= 4 is 17.3 Å². The Morgan fingerprint density at radius 2 is 1.88 bits per heavy atom. The van der Waals surface area contributed by atoms with Gasteiger partial charge in [-0.05, 0) is 43.2 Å². The van der Waals surface area contributed by atoms with Crippen LogP contribution in [0.25, 0.3) is 0 Å². The number of ether oxygens (including phenoxy) is 2. The van der Waals surface area contributed by atoms with Crippen molar-refractivity contribution in [2.24, 2.45) is 0 Å². The van der Waals surface area contributed by atoms with Gasteiger partial charge in [-0.2, -0.15) is 0 Å². The molecular formula is C20H24N2O3. The number of hydrogen-bond acceptors (Lipinski definition) is 4. The van der Waals surface area contributed by atoms with Gasteiger partial charge in [0, 0.05) is 12.2 Å². The minimum absolute atomic E-state index is 0.0863. The van der Waals surface area contributed by atoms with Crippen LogP contribution in [-0.2, 0) is 9.47 Å². The predicted molar refractivity (Wildman–Crippen MR) is 98.5 cm³/mol. The second kappa shape index (κ2) is 8.14. The van der Waals surface area contributed by atoms with E-state index < -0.39 is 0 Å². The first-order chi connectivity index (χ1) is 12.1. The second-order valence-electron chi connectivity index (χ2n) is 6.20. The maximum atomic E-state index is 12.6.